The van der Waals surface area contributed by atoms with Crippen molar-refractivity contribution in [3.05, 3.63) is 50.1 Å². The van der Waals surface area contributed by atoms with E-state index in [1.807, 2.05) is 11.4 Å². The van der Waals surface area contributed by atoms with E-state index in [1.165, 1.54) is 16.2 Å². The third-order valence-electron chi connectivity index (χ3n) is 2.72. The summed E-state index contributed by atoms with van der Waals surface area (Å²) in [6, 6.07) is 4.22. The minimum absolute atomic E-state index is 0.0289. The highest BCUT2D eigenvalue weighted by atomic mass is 79.9. The molecule has 0 unspecified atom stereocenters. The first-order chi connectivity index (χ1) is 9.38. The van der Waals surface area contributed by atoms with Gasteiger partial charge in [-0.2, -0.15) is 0 Å². The molecule has 2 rings (SSSR count). The number of halogens is 3. The molecule has 0 aliphatic carbocycles. The van der Waals surface area contributed by atoms with Gasteiger partial charge in [-0.3, -0.25) is 0 Å². The summed E-state index contributed by atoms with van der Waals surface area (Å²) in [5.74, 6) is -1.35. The highest BCUT2D eigenvalue weighted by molar-refractivity contribution is 9.11. The number of anilines is 1. The van der Waals surface area contributed by atoms with E-state index in [2.05, 4.69) is 15.9 Å². The van der Waals surface area contributed by atoms with Gasteiger partial charge in [-0.25, -0.2) is 8.78 Å². The lowest BCUT2D eigenvalue weighted by atomic mass is 10.1. The molecule has 0 bridgehead atoms. The van der Waals surface area contributed by atoms with Crippen LogP contribution < -0.4 is 10.6 Å². The summed E-state index contributed by atoms with van der Waals surface area (Å²) in [5.41, 5.74) is 6.45. The predicted octanol–water partition coefficient (Wildman–Crippen LogP) is 4.06. The smallest absolute Gasteiger partial charge is 0.150 e. The molecular weight excluding hydrogens is 366 g/mol. The minimum atomic E-state index is -0.676. The molecule has 0 atom stereocenters. The second-order valence-corrected chi connectivity index (χ2v) is 7.00. The van der Waals surface area contributed by atoms with E-state index in [0.717, 1.165) is 21.5 Å². The van der Waals surface area contributed by atoms with Gasteiger partial charge in [0.2, 0.25) is 0 Å². The maximum Gasteiger partial charge on any atom is 0.150 e. The second kappa shape index (κ2) is 6.15. The molecule has 0 fully saturated rings. The zero-order chi connectivity index (χ0) is 14.9. The molecule has 0 aliphatic rings. The summed E-state index contributed by atoms with van der Waals surface area (Å²) in [5, 5.41) is 1.93. The van der Waals surface area contributed by atoms with Gasteiger partial charge in [0.05, 0.1) is 3.79 Å². The lowest BCUT2D eigenvalue weighted by molar-refractivity contribution is 0.576. The van der Waals surface area contributed by atoms with E-state index in [1.54, 1.807) is 7.05 Å². The Kier molecular flexibility index (Phi) is 4.72. The molecule has 0 amide bonds. The topological polar surface area (TPSA) is 29.3 Å². The zero-order valence-electron chi connectivity index (χ0n) is 10.5. The van der Waals surface area contributed by atoms with E-state index < -0.39 is 11.6 Å². The quantitative estimate of drug-likeness (QED) is 0.815. The number of thiophene rings is 1. The van der Waals surface area contributed by atoms with Crippen molar-refractivity contribution in [2.24, 2.45) is 5.73 Å². The van der Waals surface area contributed by atoms with Gasteiger partial charge in [0.15, 0.2) is 0 Å². The molecule has 7 heteroatoms. The maximum atomic E-state index is 14.0. The van der Waals surface area contributed by atoms with E-state index in [9.17, 15) is 8.78 Å². The van der Waals surface area contributed by atoms with Gasteiger partial charge in [0.1, 0.15) is 22.3 Å². The van der Waals surface area contributed by atoms with Crippen molar-refractivity contribution in [1.29, 1.82) is 0 Å². The van der Waals surface area contributed by atoms with Gasteiger partial charge in [-0.15, -0.1) is 11.3 Å². The Bertz CT molecular complexity index is 635. The van der Waals surface area contributed by atoms with E-state index in [4.69, 9.17) is 18.0 Å². The number of nitrogens with zero attached hydrogens (tertiary/aromatic N) is 1. The molecule has 1 aromatic carbocycles. The Morgan fingerprint density at radius 2 is 1.95 bits per heavy atom. The van der Waals surface area contributed by atoms with E-state index >= 15 is 0 Å². The molecular formula is C13H11BrF2N2S2. The number of benzene rings is 1. The lowest BCUT2D eigenvalue weighted by Crippen LogP contribution is -2.20. The van der Waals surface area contributed by atoms with Crippen LogP contribution in [-0.2, 0) is 6.54 Å². The summed E-state index contributed by atoms with van der Waals surface area (Å²) in [6.07, 6.45) is 0. The first-order valence-corrected chi connectivity index (χ1v) is 7.69. The molecule has 2 N–H and O–H groups in total. The Labute approximate surface area is 133 Å². The van der Waals surface area contributed by atoms with Crippen LogP contribution in [-0.4, -0.2) is 12.0 Å². The molecule has 1 aromatic heterocycles. The Morgan fingerprint density at radius 1 is 1.35 bits per heavy atom. The zero-order valence-corrected chi connectivity index (χ0v) is 13.7. The highest BCUT2D eigenvalue weighted by Crippen LogP contribution is 2.27. The molecule has 0 radical (unpaired) electrons. The predicted molar refractivity (Wildman–Crippen MR) is 86.4 cm³/mol. The van der Waals surface area contributed by atoms with Crippen molar-refractivity contribution < 1.29 is 8.78 Å². The van der Waals surface area contributed by atoms with Gasteiger partial charge >= 0.3 is 0 Å². The molecule has 2 nitrogen and oxygen atoms in total. The van der Waals surface area contributed by atoms with Crippen molar-refractivity contribution in [3.63, 3.8) is 0 Å². The Morgan fingerprint density at radius 3 is 2.40 bits per heavy atom. The summed E-state index contributed by atoms with van der Waals surface area (Å²) in [7, 11) is 1.63. The molecule has 0 aliphatic heterocycles. The van der Waals surface area contributed by atoms with Crippen LogP contribution >= 0.6 is 39.5 Å². The molecule has 106 valence electrons. The van der Waals surface area contributed by atoms with Crippen molar-refractivity contribution >= 4 is 50.2 Å². The van der Waals surface area contributed by atoms with Crippen LogP contribution in [0.5, 0.6) is 0 Å². The lowest BCUT2D eigenvalue weighted by Gasteiger charge is -2.20. The van der Waals surface area contributed by atoms with Gasteiger partial charge in [-0.1, -0.05) is 12.2 Å². The number of nitrogens with two attached hydrogens (primary N) is 1. The van der Waals surface area contributed by atoms with Crippen molar-refractivity contribution in [3.8, 4) is 0 Å². The second-order valence-electron chi connectivity index (χ2n) is 4.27. The fourth-order valence-corrected chi connectivity index (χ4v) is 3.17. The Hall–Kier alpha value is -1.05. The van der Waals surface area contributed by atoms with Gasteiger partial charge < -0.3 is 10.6 Å². The molecule has 0 spiro atoms. The standard InChI is InChI=1S/C13H11BrF2N2S2/c1-18(5-7-2-11(14)20-6-7)12-9(15)3-8(13(17)19)4-10(12)16/h2-4,6H,5H2,1H3,(H2,17,19). The van der Waals surface area contributed by atoms with Crippen LogP contribution in [0, 0.1) is 11.6 Å². The average Bonchev–Trinajstić information content (AvgIpc) is 2.73. The summed E-state index contributed by atoms with van der Waals surface area (Å²) in [4.78, 5) is 1.49. The van der Waals surface area contributed by atoms with Gasteiger partial charge in [0, 0.05) is 19.2 Å². The fourth-order valence-electron chi connectivity index (χ4n) is 1.85. The SMILES string of the molecule is CN(Cc1csc(Br)c1)c1c(F)cc(C(N)=S)cc1F. The highest BCUT2D eigenvalue weighted by Gasteiger charge is 2.16. The number of hydrogen-bond acceptors (Lipinski definition) is 3. The summed E-state index contributed by atoms with van der Waals surface area (Å²) < 4.78 is 29.0. The molecule has 1 heterocycles. The number of thiocarbonyl (C=S) groups is 1. The Balaban J connectivity index is 2.30. The van der Waals surface area contributed by atoms with Crippen LogP contribution in [0.1, 0.15) is 11.1 Å². The van der Waals surface area contributed by atoms with Gasteiger partial charge in [-0.05, 0) is 45.1 Å². The van der Waals surface area contributed by atoms with Crippen LogP contribution in [0.3, 0.4) is 0 Å². The first-order valence-electron chi connectivity index (χ1n) is 5.61. The number of hydrogen-bond donors (Lipinski definition) is 1. The molecule has 0 saturated heterocycles. The first kappa shape index (κ1) is 15.3. The third kappa shape index (κ3) is 3.34. The van der Waals surface area contributed by atoms with Crippen LogP contribution in [0.2, 0.25) is 0 Å². The average molecular weight is 377 g/mol. The summed E-state index contributed by atoms with van der Waals surface area (Å²) in [6.45, 7) is 0.405. The largest absolute Gasteiger partial charge is 0.389 e. The van der Waals surface area contributed by atoms with Crippen molar-refractivity contribution in [2.75, 3.05) is 11.9 Å². The van der Waals surface area contributed by atoms with E-state index in [-0.39, 0.29) is 16.2 Å². The normalized spacial score (nSPS) is 10.6. The van der Waals surface area contributed by atoms with Gasteiger partial charge in [0.25, 0.3) is 0 Å². The monoisotopic (exact) mass is 376 g/mol. The van der Waals surface area contributed by atoms with Crippen LogP contribution in [0.15, 0.2) is 27.4 Å². The molecule has 20 heavy (non-hydrogen) atoms. The van der Waals surface area contributed by atoms with Crippen molar-refractivity contribution in [1.82, 2.24) is 0 Å². The maximum absolute atomic E-state index is 14.0. The minimum Gasteiger partial charge on any atom is -0.389 e. The molecule has 2 aromatic rings. The molecule has 0 saturated carbocycles. The third-order valence-corrected chi connectivity index (χ3v) is 4.51. The number of rotatable bonds is 4. The summed E-state index contributed by atoms with van der Waals surface area (Å²) >= 11 is 9.61. The van der Waals surface area contributed by atoms with E-state index in [0.29, 0.717) is 6.54 Å². The van der Waals surface area contributed by atoms with Crippen molar-refractivity contribution in [2.45, 2.75) is 6.54 Å². The van der Waals surface area contributed by atoms with Crippen LogP contribution in [0.25, 0.3) is 0 Å². The fraction of sp³-hybridized carbons (Fsp3) is 0.154. The van der Waals surface area contributed by atoms with Crippen LogP contribution in [0.4, 0.5) is 14.5 Å².